The quantitative estimate of drug-likeness (QED) is 0.449. The van der Waals surface area contributed by atoms with E-state index >= 15 is 0 Å². The molecule has 1 N–H and O–H groups in total. The molecular weight excluding hydrogens is 472 g/mol. The van der Waals surface area contributed by atoms with E-state index in [1.54, 1.807) is 24.3 Å². The van der Waals surface area contributed by atoms with E-state index in [9.17, 15) is 18.0 Å². The smallest absolute Gasteiger partial charge is 0.337 e. The van der Waals surface area contributed by atoms with E-state index in [4.69, 9.17) is 9.47 Å². The second kappa shape index (κ2) is 10.9. The molecule has 0 aromatic heterocycles. The number of esters is 1. The number of rotatable bonds is 9. The summed E-state index contributed by atoms with van der Waals surface area (Å²) < 4.78 is 43.4. The Morgan fingerprint density at radius 3 is 2.06 bits per heavy atom. The van der Waals surface area contributed by atoms with Crippen LogP contribution in [0.2, 0.25) is 0 Å². The van der Waals surface area contributed by atoms with Crippen molar-refractivity contribution in [2.75, 3.05) is 37.5 Å². The normalized spacial score (nSPS) is 10.9. The van der Waals surface area contributed by atoms with E-state index in [0.29, 0.717) is 22.7 Å². The molecule has 0 bridgehead atoms. The first-order chi connectivity index (χ1) is 16.7. The molecule has 0 saturated carbocycles. The molecular formula is C25H26N2O7S. The zero-order chi connectivity index (χ0) is 25.6. The van der Waals surface area contributed by atoms with Crippen LogP contribution in [0.25, 0.3) is 0 Å². The summed E-state index contributed by atoms with van der Waals surface area (Å²) in [5.41, 5.74) is 1.98. The van der Waals surface area contributed by atoms with Gasteiger partial charge in [-0.05, 0) is 55.5 Å². The average Bonchev–Trinajstić information content (AvgIpc) is 2.87. The molecule has 0 aliphatic heterocycles. The third-order valence-corrected chi connectivity index (χ3v) is 6.91. The minimum atomic E-state index is -4.16. The summed E-state index contributed by atoms with van der Waals surface area (Å²) in [5, 5.41) is 2.66. The molecule has 0 radical (unpaired) electrons. The van der Waals surface area contributed by atoms with Crippen LogP contribution in [0.15, 0.2) is 71.6 Å². The molecule has 184 valence electrons. The van der Waals surface area contributed by atoms with Crippen molar-refractivity contribution in [3.63, 3.8) is 0 Å². The summed E-state index contributed by atoms with van der Waals surface area (Å²) in [6.07, 6.45) is 0. The minimum Gasteiger partial charge on any atom is -0.493 e. The van der Waals surface area contributed by atoms with Crippen molar-refractivity contribution in [3.8, 4) is 11.5 Å². The maximum absolute atomic E-state index is 13.6. The Morgan fingerprint density at radius 1 is 0.857 bits per heavy atom. The lowest BCUT2D eigenvalue weighted by Gasteiger charge is -2.24. The molecule has 0 heterocycles. The van der Waals surface area contributed by atoms with Gasteiger partial charge in [0.05, 0.1) is 37.5 Å². The zero-order valence-corrected chi connectivity index (χ0v) is 20.6. The van der Waals surface area contributed by atoms with Crippen molar-refractivity contribution in [1.82, 2.24) is 0 Å². The lowest BCUT2D eigenvalue weighted by molar-refractivity contribution is -0.114. The molecule has 10 heteroatoms. The van der Waals surface area contributed by atoms with E-state index in [1.807, 2.05) is 6.92 Å². The van der Waals surface area contributed by atoms with E-state index < -0.39 is 28.4 Å². The monoisotopic (exact) mass is 498 g/mol. The van der Waals surface area contributed by atoms with Crippen LogP contribution in [-0.2, 0) is 19.6 Å². The van der Waals surface area contributed by atoms with Crippen molar-refractivity contribution in [3.05, 3.63) is 77.9 Å². The number of nitrogens with zero attached hydrogens (tertiary/aromatic N) is 1. The van der Waals surface area contributed by atoms with Gasteiger partial charge in [0.25, 0.3) is 10.0 Å². The van der Waals surface area contributed by atoms with Gasteiger partial charge in [0.1, 0.15) is 6.54 Å². The van der Waals surface area contributed by atoms with Crippen molar-refractivity contribution in [2.24, 2.45) is 0 Å². The predicted octanol–water partition coefficient (Wildman–Crippen LogP) is 3.63. The Hall–Kier alpha value is -4.05. The number of aryl methyl sites for hydroxylation is 1. The van der Waals surface area contributed by atoms with Crippen LogP contribution in [0.1, 0.15) is 15.9 Å². The van der Waals surface area contributed by atoms with E-state index in [2.05, 4.69) is 10.1 Å². The molecule has 3 aromatic rings. The molecule has 3 aromatic carbocycles. The van der Waals surface area contributed by atoms with Gasteiger partial charge in [0, 0.05) is 11.8 Å². The Bertz CT molecular complexity index is 1300. The maximum Gasteiger partial charge on any atom is 0.337 e. The third kappa shape index (κ3) is 5.90. The van der Waals surface area contributed by atoms with Gasteiger partial charge in [0.15, 0.2) is 11.5 Å². The summed E-state index contributed by atoms with van der Waals surface area (Å²) in [6.45, 7) is 1.39. The van der Waals surface area contributed by atoms with Crippen LogP contribution < -0.4 is 19.1 Å². The van der Waals surface area contributed by atoms with Crippen LogP contribution >= 0.6 is 0 Å². The first-order valence-electron chi connectivity index (χ1n) is 10.5. The molecule has 0 fully saturated rings. The van der Waals surface area contributed by atoms with Gasteiger partial charge < -0.3 is 19.5 Å². The summed E-state index contributed by atoms with van der Waals surface area (Å²) in [4.78, 5) is 24.4. The van der Waals surface area contributed by atoms with E-state index in [0.717, 1.165) is 9.87 Å². The fraction of sp³-hybridized carbons (Fsp3) is 0.200. The highest BCUT2D eigenvalue weighted by Gasteiger charge is 2.28. The molecule has 0 aliphatic rings. The molecule has 0 spiro atoms. The van der Waals surface area contributed by atoms with Gasteiger partial charge in [0.2, 0.25) is 5.91 Å². The van der Waals surface area contributed by atoms with Crippen molar-refractivity contribution in [1.29, 1.82) is 0 Å². The number of methoxy groups -OCH3 is 3. The highest BCUT2D eigenvalue weighted by Crippen LogP contribution is 2.32. The van der Waals surface area contributed by atoms with Crippen LogP contribution in [-0.4, -0.2) is 48.2 Å². The number of benzene rings is 3. The molecule has 35 heavy (non-hydrogen) atoms. The Labute approximate surface area is 204 Å². The van der Waals surface area contributed by atoms with Gasteiger partial charge >= 0.3 is 5.97 Å². The molecule has 3 rings (SSSR count). The highest BCUT2D eigenvalue weighted by atomic mass is 32.2. The maximum atomic E-state index is 13.6. The number of nitrogens with one attached hydrogen (secondary N) is 1. The van der Waals surface area contributed by atoms with Crippen molar-refractivity contribution >= 4 is 33.3 Å². The summed E-state index contributed by atoms with van der Waals surface area (Å²) >= 11 is 0. The second-order valence-electron chi connectivity index (χ2n) is 7.48. The van der Waals surface area contributed by atoms with Gasteiger partial charge in [-0.25, -0.2) is 13.2 Å². The number of sulfonamides is 1. The number of carbonyl (C=O) groups is 2. The number of anilines is 2. The molecule has 0 unspecified atom stereocenters. The van der Waals surface area contributed by atoms with Crippen molar-refractivity contribution in [2.45, 2.75) is 11.8 Å². The Balaban J connectivity index is 1.92. The fourth-order valence-corrected chi connectivity index (χ4v) is 4.71. The number of amides is 1. The SMILES string of the molecule is COC(=O)c1ccc(NC(=O)CN(c2ccc(C)cc2)S(=O)(=O)c2ccc(OC)c(OC)c2)cc1. The number of hydrogen-bond donors (Lipinski definition) is 1. The molecule has 0 atom stereocenters. The van der Waals surface area contributed by atoms with Crippen LogP contribution in [0.5, 0.6) is 11.5 Å². The molecule has 1 amide bonds. The number of hydrogen-bond acceptors (Lipinski definition) is 7. The zero-order valence-electron chi connectivity index (χ0n) is 19.8. The van der Waals surface area contributed by atoms with Gasteiger partial charge in [-0.1, -0.05) is 17.7 Å². The van der Waals surface area contributed by atoms with Gasteiger partial charge in [-0.3, -0.25) is 9.10 Å². The first-order valence-corrected chi connectivity index (χ1v) is 11.9. The van der Waals surface area contributed by atoms with Crippen LogP contribution in [0.3, 0.4) is 0 Å². The van der Waals surface area contributed by atoms with Gasteiger partial charge in [-0.15, -0.1) is 0 Å². The lowest BCUT2D eigenvalue weighted by atomic mass is 10.2. The van der Waals surface area contributed by atoms with Crippen LogP contribution in [0.4, 0.5) is 11.4 Å². The second-order valence-corrected chi connectivity index (χ2v) is 9.34. The molecule has 9 nitrogen and oxygen atoms in total. The summed E-state index contributed by atoms with van der Waals surface area (Å²) in [6, 6.07) is 17.1. The van der Waals surface area contributed by atoms with Gasteiger partial charge in [-0.2, -0.15) is 0 Å². The molecule has 0 aliphatic carbocycles. The number of ether oxygens (including phenoxy) is 3. The van der Waals surface area contributed by atoms with Crippen LogP contribution in [0, 0.1) is 6.92 Å². The molecule has 0 saturated heterocycles. The predicted molar refractivity (Wildman–Crippen MR) is 132 cm³/mol. The minimum absolute atomic E-state index is 0.0639. The Morgan fingerprint density at radius 2 is 1.49 bits per heavy atom. The fourth-order valence-electron chi connectivity index (χ4n) is 3.27. The number of carbonyl (C=O) groups excluding carboxylic acids is 2. The topological polar surface area (TPSA) is 111 Å². The first kappa shape index (κ1) is 25.6. The van der Waals surface area contributed by atoms with E-state index in [-0.39, 0.29) is 10.6 Å². The average molecular weight is 499 g/mol. The standard InChI is InChI=1S/C25H26N2O7S/c1-17-5-11-20(12-6-17)27(35(30,31)21-13-14-22(32-2)23(15-21)33-3)16-24(28)26-19-9-7-18(8-10-19)25(29)34-4/h5-15H,16H2,1-4H3,(H,26,28). The Kier molecular flexibility index (Phi) is 7.98. The highest BCUT2D eigenvalue weighted by molar-refractivity contribution is 7.92. The summed E-state index contributed by atoms with van der Waals surface area (Å²) in [7, 11) is -0.0244. The third-order valence-electron chi connectivity index (χ3n) is 5.14. The van der Waals surface area contributed by atoms with E-state index in [1.165, 1.54) is 63.8 Å². The van der Waals surface area contributed by atoms with Crippen molar-refractivity contribution < 1.29 is 32.2 Å². The summed E-state index contributed by atoms with van der Waals surface area (Å²) in [5.74, 6) is -0.455. The lowest BCUT2D eigenvalue weighted by Crippen LogP contribution is -2.38. The largest absolute Gasteiger partial charge is 0.493 e.